The number of hydrogen-bond acceptors (Lipinski definition) is 6. The van der Waals surface area contributed by atoms with Gasteiger partial charge in [0.05, 0.1) is 27.5 Å². The van der Waals surface area contributed by atoms with E-state index in [1.807, 2.05) is 68.7 Å². The van der Waals surface area contributed by atoms with Crippen LogP contribution in [0.15, 0.2) is 59.7 Å². The van der Waals surface area contributed by atoms with Gasteiger partial charge in [-0.3, -0.25) is 9.36 Å². The molecule has 6 rings (SSSR count). The molecule has 0 atom stereocenters. The Morgan fingerprint density at radius 2 is 1.71 bits per heavy atom. The highest BCUT2D eigenvalue weighted by Gasteiger charge is 2.48. The molecule has 1 aliphatic carbocycles. The van der Waals surface area contributed by atoms with E-state index in [9.17, 15) is 4.79 Å². The fourth-order valence-electron chi connectivity index (χ4n) is 4.95. The molecule has 178 valence electrons. The van der Waals surface area contributed by atoms with Gasteiger partial charge in [0.15, 0.2) is 5.65 Å². The van der Waals surface area contributed by atoms with Crippen molar-refractivity contribution in [1.82, 2.24) is 29.3 Å². The van der Waals surface area contributed by atoms with E-state index in [0.29, 0.717) is 34.7 Å². The molecular formula is C27H29N7O. The van der Waals surface area contributed by atoms with E-state index in [4.69, 9.17) is 10.7 Å². The van der Waals surface area contributed by atoms with Crippen LogP contribution >= 0.6 is 0 Å². The average molecular weight is 468 g/mol. The minimum absolute atomic E-state index is 0.0169. The Labute approximate surface area is 203 Å². The van der Waals surface area contributed by atoms with Crippen molar-refractivity contribution in [2.45, 2.75) is 52.6 Å². The molecule has 35 heavy (non-hydrogen) atoms. The predicted molar refractivity (Wildman–Crippen MR) is 138 cm³/mol. The second kappa shape index (κ2) is 8.61. The van der Waals surface area contributed by atoms with Crippen LogP contribution in [0.1, 0.15) is 49.3 Å². The second-order valence-electron chi connectivity index (χ2n) is 8.74. The molecule has 1 aliphatic rings. The molecule has 3 heterocycles. The topological polar surface area (TPSA) is 105 Å². The number of benzene rings is 2. The number of fused-ring (bicyclic) bond motifs is 2. The fraction of sp³-hybridized carbons (Fsp3) is 0.296. The van der Waals surface area contributed by atoms with E-state index >= 15 is 0 Å². The lowest BCUT2D eigenvalue weighted by molar-refractivity contribution is 0.497. The van der Waals surface area contributed by atoms with E-state index in [0.717, 1.165) is 35.0 Å². The van der Waals surface area contributed by atoms with Gasteiger partial charge in [-0.05, 0) is 43.9 Å². The number of nitrogens with two attached hydrogens (primary N) is 1. The summed E-state index contributed by atoms with van der Waals surface area (Å²) in [5.74, 6) is 1.05. The summed E-state index contributed by atoms with van der Waals surface area (Å²) in [6.07, 6.45) is 3.21. The maximum atomic E-state index is 14.0. The van der Waals surface area contributed by atoms with Crippen molar-refractivity contribution in [2.75, 3.05) is 5.73 Å². The van der Waals surface area contributed by atoms with Gasteiger partial charge in [-0.2, -0.15) is 5.10 Å². The molecule has 2 N–H and O–H groups in total. The lowest BCUT2D eigenvalue weighted by atomic mass is 10.0. The summed E-state index contributed by atoms with van der Waals surface area (Å²) in [7, 11) is 0. The molecule has 0 spiro atoms. The Morgan fingerprint density at radius 3 is 2.43 bits per heavy atom. The number of hydrogen-bond donors (Lipinski definition) is 1. The van der Waals surface area contributed by atoms with Gasteiger partial charge in [-0.25, -0.2) is 19.6 Å². The minimum Gasteiger partial charge on any atom is -0.383 e. The highest BCUT2D eigenvalue weighted by molar-refractivity contribution is 5.88. The number of aromatic nitrogens is 6. The molecule has 0 saturated heterocycles. The fourth-order valence-corrected chi connectivity index (χ4v) is 4.95. The molecule has 3 aromatic heterocycles. The third kappa shape index (κ3) is 3.56. The summed E-state index contributed by atoms with van der Waals surface area (Å²) in [6, 6.07) is 16.0. The summed E-state index contributed by atoms with van der Waals surface area (Å²) >= 11 is 0. The van der Waals surface area contributed by atoms with E-state index in [1.165, 1.54) is 6.33 Å². The van der Waals surface area contributed by atoms with Crippen molar-refractivity contribution in [3.05, 3.63) is 87.9 Å². The van der Waals surface area contributed by atoms with Crippen LogP contribution in [0.2, 0.25) is 0 Å². The molecule has 1 saturated carbocycles. The SMILES string of the molecule is CC.Cc1nn(Cc2nc3cccc(C)c3c(=O)n2C2(c3ccccc3)CC2)c2ncnc(N)c12. The predicted octanol–water partition coefficient (Wildman–Crippen LogP) is 4.35. The van der Waals surface area contributed by atoms with Gasteiger partial charge in [-0.1, -0.05) is 56.3 Å². The standard InChI is InChI=1S/C25H23N7O.C2H6/c1-15-7-6-10-18-20(15)24(33)32(25(11-12-25)17-8-4-3-5-9-17)19(29-18)13-31-23-21(16(2)30-31)22(26)27-14-28-23;1-2/h3-10,14H,11-13H2,1-2H3,(H2,26,27,28);1-2H3. The van der Waals surface area contributed by atoms with Gasteiger partial charge in [-0.15, -0.1) is 0 Å². The lowest BCUT2D eigenvalue weighted by Gasteiger charge is -2.24. The van der Waals surface area contributed by atoms with Gasteiger partial charge < -0.3 is 5.73 Å². The van der Waals surface area contributed by atoms with Crippen LogP contribution < -0.4 is 11.3 Å². The third-order valence-corrected chi connectivity index (χ3v) is 6.66. The minimum atomic E-state index is -0.400. The summed E-state index contributed by atoms with van der Waals surface area (Å²) in [5, 5.41) is 6.06. The first-order chi connectivity index (χ1) is 17.0. The number of nitrogen functional groups attached to an aromatic ring is 1. The summed E-state index contributed by atoms with van der Waals surface area (Å²) in [4.78, 5) is 27.5. The van der Waals surface area contributed by atoms with E-state index < -0.39 is 5.54 Å². The molecule has 8 heteroatoms. The zero-order valence-electron chi connectivity index (χ0n) is 20.5. The van der Waals surface area contributed by atoms with Crippen LogP contribution in [0.3, 0.4) is 0 Å². The molecule has 1 fully saturated rings. The monoisotopic (exact) mass is 467 g/mol. The molecule has 0 radical (unpaired) electrons. The Balaban J connectivity index is 0.00000124. The lowest BCUT2D eigenvalue weighted by Crippen LogP contribution is -2.36. The van der Waals surface area contributed by atoms with Crippen LogP contribution in [0.5, 0.6) is 0 Å². The molecule has 0 unspecified atom stereocenters. The first kappa shape index (κ1) is 22.7. The summed E-state index contributed by atoms with van der Waals surface area (Å²) in [5.41, 5.74) is 9.79. The molecule has 0 bridgehead atoms. The highest BCUT2D eigenvalue weighted by Crippen LogP contribution is 2.49. The highest BCUT2D eigenvalue weighted by atomic mass is 16.1. The van der Waals surface area contributed by atoms with E-state index in [-0.39, 0.29) is 5.56 Å². The molecule has 2 aromatic carbocycles. The maximum absolute atomic E-state index is 14.0. The van der Waals surface area contributed by atoms with Gasteiger partial charge in [0.1, 0.15) is 24.5 Å². The quantitative estimate of drug-likeness (QED) is 0.421. The number of nitrogens with zero attached hydrogens (tertiary/aromatic N) is 6. The first-order valence-electron chi connectivity index (χ1n) is 12.0. The Bertz CT molecular complexity index is 1600. The normalized spacial score (nSPS) is 14.1. The van der Waals surface area contributed by atoms with Crippen LogP contribution in [-0.4, -0.2) is 29.3 Å². The zero-order chi connectivity index (χ0) is 24.7. The van der Waals surface area contributed by atoms with E-state index in [2.05, 4.69) is 27.2 Å². The summed E-state index contributed by atoms with van der Waals surface area (Å²) in [6.45, 7) is 8.14. The zero-order valence-corrected chi connectivity index (χ0v) is 20.5. The first-order valence-corrected chi connectivity index (χ1v) is 12.0. The maximum Gasteiger partial charge on any atom is 0.262 e. The van der Waals surface area contributed by atoms with E-state index in [1.54, 1.807) is 4.68 Å². The average Bonchev–Trinajstić information content (AvgIpc) is 3.60. The number of aryl methyl sites for hydroxylation is 2. The number of rotatable bonds is 4. The third-order valence-electron chi connectivity index (χ3n) is 6.66. The Morgan fingerprint density at radius 1 is 0.971 bits per heavy atom. The van der Waals surface area contributed by atoms with Crippen molar-refractivity contribution >= 4 is 27.8 Å². The Hall–Kier alpha value is -4.07. The van der Waals surface area contributed by atoms with Crippen molar-refractivity contribution < 1.29 is 0 Å². The van der Waals surface area contributed by atoms with Crippen molar-refractivity contribution in [1.29, 1.82) is 0 Å². The van der Waals surface area contributed by atoms with Crippen LogP contribution in [-0.2, 0) is 12.1 Å². The van der Waals surface area contributed by atoms with Gasteiger partial charge >= 0.3 is 0 Å². The molecule has 5 aromatic rings. The van der Waals surface area contributed by atoms with Crippen LogP contribution in [0.25, 0.3) is 21.9 Å². The van der Waals surface area contributed by atoms with Crippen molar-refractivity contribution in [2.24, 2.45) is 0 Å². The molecule has 0 aliphatic heterocycles. The largest absolute Gasteiger partial charge is 0.383 e. The van der Waals surface area contributed by atoms with Crippen LogP contribution in [0, 0.1) is 13.8 Å². The summed E-state index contributed by atoms with van der Waals surface area (Å²) < 4.78 is 3.66. The smallest absolute Gasteiger partial charge is 0.262 e. The van der Waals surface area contributed by atoms with Gasteiger partial charge in [0.2, 0.25) is 0 Å². The van der Waals surface area contributed by atoms with Crippen LogP contribution in [0.4, 0.5) is 5.82 Å². The molecule has 8 nitrogen and oxygen atoms in total. The van der Waals surface area contributed by atoms with Gasteiger partial charge in [0.25, 0.3) is 5.56 Å². The second-order valence-corrected chi connectivity index (χ2v) is 8.74. The molecular weight excluding hydrogens is 438 g/mol. The van der Waals surface area contributed by atoms with Crippen molar-refractivity contribution in [3.8, 4) is 0 Å². The Kier molecular flexibility index (Phi) is 5.59. The number of anilines is 1. The van der Waals surface area contributed by atoms with Gasteiger partial charge in [0, 0.05) is 0 Å². The van der Waals surface area contributed by atoms with Crippen molar-refractivity contribution in [3.63, 3.8) is 0 Å². The molecule has 0 amide bonds.